The van der Waals surface area contributed by atoms with Gasteiger partial charge in [-0.3, -0.25) is 9.36 Å². The summed E-state index contributed by atoms with van der Waals surface area (Å²) in [7, 11) is 0. The van der Waals surface area contributed by atoms with Crippen molar-refractivity contribution >= 4 is 17.7 Å². The maximum absolute atomic E-state index is 12.5. The van der Waals surface area contributed by atoms with Gasteiger partial charge in [0.25, 0.3) is 5.91 Å². The van der Waals surface area contributed by atoms with Gasteiger partial charge in [-0.1, -0.05) is 48.2 Å². The van der Waals surface area contributed by atoms with Crippen LogP contribution in [0.4, 0.5) is 0 Å². The van der Waals surface area contributed by atoms with Gasteiger partial charge in [0.1, 0.15) is 18.1 Å². The highest BCUT2D eigenvalue weighted by Crippen LogP contribution is 2.21. The van der Waals surface area contributed by atoms with Crippen molar-refractivity contribution < 1.29 is 9.53 Å². The van der Waals surface area contributed by atoms with Gasteiger partial charge < -0.3 is 10.1 Å². The van der Waals surface area contributed by atoms with E-state index in [-0.39, 0.29) is 5.91 Å². The molecule has 3 aromatic rings. The first-order chi connectivity index (χ1) is 12.3. The third-order valence-corrected chi connectivity index (χ3v) is 4.21. The van der Waals surface area contributed by atoms with Crippen LogP contribution in [0.2, 0.25) is 0 Å². The zero-order chi connectivity index (χ0) is 17.5. The van der Waals surface area contributed by atoms with Crippen molar-refractivity contribution in [1.29, 1.82) is 0 Å². The fourth-order valence-electron chi connectivity index (χ4n) is 2.41. The number of thioether (sulfide) groups is 1. The van der Waals surface area contributed by atoms with E-state index < -0.39 is 0 Å². The normalized spacial score (nSPS) is 10.4. The van der Waals surface area contributed by atoms with Crippen LogP contribution in [0, 0.1) is 0 Å². The Morgan fingerprint density at radius 1 is 1.12 bits per heavy atom. The second kappa shape index (κ2) is 8.39. The highest BCUT2D eigenvalue weighted by atomic mass is 32.2. The Balaban J connectivity index is 1.65. The average molecular weight is 353 g/mol. The Bertz CT molecular complexity index is 819. The van der Waals surface area contributed by atoms with E-state index >= 15 is 0 Å². The van der Waals surface area contributed by atoms with Crippen molar-refractivity contribution in [2.24, 2.45) is 0 Å². The van der Waals surface area contributed by atoms with Gasteiger partial charge in [-0.15, -0.1) is 0 Å². The number of amides is 1. The van der Waals surface area contributed by atoms with E-state index in [0.717, 1.165) is 16.6 Å². The standard InChI is InChI=1S/C19H19N3O2S/c1-25-19-21-14-17(22(19)15-8-4-2-5-9-15)18(23)20-12-13-24-16-10-6-3-7-11-16/h2-11,14H,12-13H2,1H3,(H,20,23). The lowest BCUT2D eigenvalue weighted by Gasteiger charge is -2.11. The van der Waals surface area contributed by atoms with Crippen LogP contribution < -0.4 is 10.1 Å². The van der Waals surface area contributed by atoms with Gasteiger partial charge in [-0.25, -0.2) is 4.98 Å². The minimum absolute atomic E-state index is 0.173. The van der Waals surface area contributed by atoms with E-state index in [2.05, 4.69) is 10.3 Å². The summed E-state index contributed by atoms with van der Waals surface area (Å²) in [4.78, 5) is 16.9. The molecular formula is C19H19N3O2S. The molecule has 1 aromatic heterocycles. The number of para-hydroxylation sites is 2. The molecule has 0 aliphatic rings. The molecule has 0 saturated carbocycles. The van der Waals surface area contributed by atoms with E-state index in [4.69, 9.17) is 4.74 Å². The number of carbonyl (C=O) groups is 1. The van der Waals surface area contributed by atoms with Crippen molar-refractivity contribution in [2.45, 2.75) is 5.16 Å². The van der Waals surface area contributed by atoms with Crippen molar-refractivity contribution in [3.05, 3.63) is 72.6 Å². The molecule has 1 heterocycles. The quantitative estimate of drug-likeness (QED) is 0.522. The van der Waals surface area contributed by atoms with Crippen LogP contribution in [-0.4, -0.2) is 34.9 Å². The van der Waals surface area contributed by atoms with Gasteiger partial charge in [0.2, 0.25) is 0 Å². The van der Waals surface area contributed by atoms with Crippen LogP contribution in [0.3, 0.4) is 0 Å². The molecule has 1 N–H and O–H groups in total. The van der Waals surface area contributed by atoms with Crippen molar-refractivity contribution in [3.8, 4) is 11.4 Å². The molecule has 0 radical (unpaired) electrons. The highest BCUT2D eigenvalue weighted by Gasteiger charge is 2.17. The number of nitrogens with zero attached hydrogens (tertiary/aromatic N) is 2. The Morgan fingerprint density at radius 2 is 1.80 bits per heavy atom. The summed E-state index contributed by atoms with van der Waals surface area (Å²) in [6.45, 7) is 0.826. The van der Waals surface area contributed by atoms with Gasteiger partial charge in [-0.05, 0) is 30.5 Å². The molecular weight excluding hydrogens is 334 g/mol. The largest absolute Gasteiger partial charge is 0.492 e. The molecule has 0 saturated heterocycles. The number of aromatic nitrogens is 2. The molecule has 2 aromatic carbocycles. The van der Waals surface area contributed by atoms with Crippen molar-refractivity contribution in [3.63, 3.8) is 0 Å². The lowest BCUT2D eigenvalue weighted by molar-refractivity contribution is 0.0939. The number of rotatable bonds is 7. The number of hydrogen-bond donors (Lipinski definition) is 1. The molecule has 6 heteroatoms. The van der Waals surface area contributed by atoms with E-state index in [9.17, 15) is 4.79 Å². The summed E-state index contributed by atoms with van der Waals surface area (Å²) in [5.74, 6) is 0.615. The lowest BCUT2D eigenvalue weighted by Crippen LogP contribution is -2.29. The number of ether oxygens (including phenoxy) is 1. The van der Waals surface area contributed by atoms with Crippen LogP contribution in [0.15, 0.2) is 72.0 Å². The topological polar surface area (TPSA) is 56.1 Å². The monoisotopic (exact) mass is 353 g/mol. The second-order valence-electron chi connectivity index (χ2n) is 5.22. The van der Waals surface area contributed by atoms with E-state index in [1.165, 1.54) is 11.8 Å². The van der Waals surface area contributed by atoms with Crippen LogP contribution >= 0.6 is 11.8 Å². The second-order valence-corrected chi connectivity index (χ2v) is 5.99. The highest BCUT2D eigenvalue weighted by molar-refractivity contribution is 7.98. The summed E-state index contributed by atoms with van der Waals surface area (Å²) >= 11 is 1.50. The molecule has 0 aliphatic carbocycles. The summed E-state index contributed by atoms with van der Waals surface area (Å²) in [6, 6.07) is 19.3. The minimum Gasteiger partial charge on any atom is -0.492 e. The first kappa shape index (κ1) is 17.1. The summed E-state index contributed by atoms with van der Waals surface area (Å²) in [6.07, 6.45) is 3.55. The van der Waals surface area contributed by atoms with Crippen LogP contribution in [-0.2, 0) is 0 Å². The van der Waals surface area contributed by atoms with E-state index in [1.807, 2.05) is 71.5 Å². The molecule has 3 rings (SSSR count). The smallest absolute Gasteiger partial charge is 0.270 e. The molecule has 0 spiro atoms. The Labute approximate surface area is 151 Å². The zero-order valence-corrected chi connectivity index (χ0v) is 14.7. The summed E-state index contributed by atoms with van der Waals surface area (Å²) in [5.41, 5.74) is 1.42. The SMILES string of the molecule is CSc1ncc(C(=O)NCCOc2ccccc2)n1-c1ccccc1. The molecule has 1 amide bonds. The predicted molar refractivity (Wildman–Crippen MR) is 99.6 cm³/mol. The van der Waals surface area contributed by atoms with Crippen molar-refractivity contribution in [2.75, 3.05) is 19.4 Å². The molecule has 0 unspecified atom stereocenters. The molecule has 0 aliphatic heterocycles. The Kier molecular flexibility index (Phi) is 5.74. The first-order valence-electron chi connectivity index (χ1n) is 7.93. The zero-order valence-electron chi connectivity index (χ0n) is 13.9. The first-order valence-corrected chi connectivity index (χ1v) is 9.15. The molecule has 0 fully saturated rings. The lowest BCUT2D eigenvalue weighted by atomic mass is 10.3. The number of nitrogens with one attached hydrogen (secondary N) is 1. The summed E-state index contributed by atoms with van der Waals surface area (Å²) < 4.78 is 7.45. The van der Waals surface area contributed by atoms with E-state index in [1.54, 1.807) is 6.20 Å². The average Bonchev–Trinajstić information content (AvgIpc) is 3.11. The number of benzene rings is 2. The van der Waals surface area contributed by atoms with Crippen LogP contribution in [0.25, 0.3) is 5.69 Å². The number of carbonyl (C=O) groups excluding carboxylic acids is 1. The molecule has 25 heavy (non-hydrogen) atoms. The van der Waals surface area contributed by atoms with Gasteiger partial charge in [0, 0.05) is 5.69 Å². The molecule has 0 bridgehead atoms. The van der Waals surface area contributed by atoms with Gasteiger partial charge >= 0.3 is 0 Å². The molecule has 5 nitrogen and oxygen atoms in total. The third-order valence-electron chi connectivity index (χ3n) is 3.56. The van der Waals surface area contributed by atoms with Crippen LogP contribution in [0.5, 0.6) is 5.75 Å². The predicted octanol–water partition coefficient (Wildman–Crippen LogP) is 3.40. The fraction of sp³-hybridized carbons (Fsp3) is 0.158. The fourth-order valence-corrected chi connectivity index (χ4v) is 2.95. The van der Waals surface area contributed by atoms with Gasteiger partial charge in [-0.2, -0.15) is 0 Å². The van der Waals surface area contributed by atoms with Gasteiger partial charge in [0.05, 0.1) is 12.7 Å². The maximum atomic E-state index is 12.5. The summed E-state index contributed by atoms with van der Waals surface area (Å²) in [5, 5.41) is 3.66. The molecule has 128 valence electrons. The van der Waals surface area contributed by atoms with E-state index in [0.29, 0.717) is 18.8 Å². The number of imidazole rings is 1. The van der Waals surface area contributed by atoms with Crippen LogP contribution in [0.1, 0.15) is 10.5 Å². The third kappa shape index (κ3) is 4.22. The number of hydrogen-bond acceptors (Lipinski definition) is 4. The Hall–Kier alpha value is -2.73. The molecule has 0 atom stereocenters. The Morgan fingerprint density at radius 3 is 2.48 bits per heavy atom. The minimum atomic E-state index is -0.173. The van der Waals surface area contributed by atoms with Crippen molar-refractivity contribution in [1.82, 2.24) is 14.9 Å². The van der Waals surface area contributed by atoms with Gasteiger partial charge in [0.15, 0.2) is 5.16 Å². The maximum Gasteiger partial charge on any atom is 0.270 e.